The van der Waals surface area contributed by atoms with Gasteiger partial charge in [0.15, 0.2) is 0 Å². The fourth-order valence-corrected chi connectivity index (χ4v) is 3.07. The zero-order chi connectivity index (χ0) is 14.7. The quantitative estimate of drug-likeness (QED) is 0.914. The smallest absolute Gasteiger partial charge is 0.308 e. The van der Waals surface area contributed by atoms with Crippen LogP contribution in [0.5, 0.6) is 0 Å². The molecule has 1 saturated heterocycles. The molecule has 1 aromatic heterocycles. The number of halogens is 1. The minimum absolute atomic E-state index is 0.0740. The van der Waals surface area contributed by atoms with Gasteiger partial charge in [0.05, 0.1) is 5.92 Å². The summed E-state index contributed by atoms with van der Waals surface area (Å²) in [6.45, 7) is 3.78. The van der Waals surface area contributed by atoms with Crippen LogP contribution in [-0.2, 0) is 11.3 Å². The van der Waals surface area contributed by atoms with Gasteiger partial charge in [-0.1, -0.05) is 6.92 Å². The molecule has 1 atom stereocenters. The van der Waals surface area contributed by atoms with E-state index in [2.05, 4.69) is 22.9 Å². The molecular weight excluding hydrogens is 324 g/mol. The Hall–Kier alpha value is -1.30. The van der Waals surface area contributed by atoms with Gasteiger partial charge in [-0.2, -0.15) is 0 Å². The van der Waals surface area contributed by atoms with Crippen molar-refractivity contribution in [2.45, 2.75) is 32.7 Å². The molecule has 2 rings (SSSR count). The Kier molecular flexibility index (Phi) is 4.86. The van der Waals surface area contributed by atoms with Crippen LogP contribution >= 0.6 is 15.9 Å². The van der Waals surface area contributed by atoms with Crippen LogP contribution in [-0.4, -0.2) is 39.5 Å². The predicted octanol–water partition coefficient (Wildman–Crippen LogP) is 2.60. The van der Waals surface area contributed by atoms with E-state index in [0.717, 1.165) is 23.9 Å². The first kappa shape index (κ1) is 15.1. The van der Waals surface area contributed by atoms with Gasteiger partial charge in [-0.25, -0.2) is 0 Å². The number of piperidine rings is 1. The van der Waals surface area contributed by atoms with E-state index in [1.54, 1.807) is 4.90 Å². The van der Waals surface area contributed by atoms with Crippen LogP contribution in [0.4, 0.5) is 0 Å². The van der Waals surface area contributed by atoms with Crippen molar-refractivity contribution < 1.29 is 14.7 Å². The molecule has 1 amide bonds. The van der Waals surface area contributed by atoms with Crippen LogP contribution < -0.4 is 0 Å². The lowest BCUT2D eigenvalue weighted by Crippen LogP contribution is -2.42. The van der Waals surface area contributed by atoms with Crippen molar-refractivity contribution in [3.05, 3.63) is 22.4 Å². The minimum Gasteiger partial charge on any atom is -0.481 e. The Bertz CT molecular complexity index is 513. The van der Waals surface area contributed by atoms with Crippen molar-refractivity contribution in [3.8, 4) is 0 Å². The second-order valence-electron chi connectivity index (χ2n) is 5.17. The molecule has 6 heteroatoms. The third-order valence-electron chi connectivity index (χ3n) is 3.60. The van der Waals surface area contributed by atoms with E-state index in [1.807, 2.05) is 16.8 Å². The van der Waals surface area contributed by atoms with Gasteiger partial charge in [-0.15, -0.1) is 0 Å². The molecule has 0 saturated carbocycles. The summed E-state index contributed by atoms with van der Waals surface area (Å²) in [5, 5.41) is 9.10. The predicted molar refractivity (Wildman–Crippen MR) is 78.7 cm³/mol. The topological polar surface area (TPSA) is 62.5 Å². The van der Waals surface area contributed by atoms with Gasteiger partial charge in [-0.05, 0) is 41.3 Å². The molecule has 0 radical (unpaired) electrons. The molecule has 0 aliphatic carbocycles. The number of carboxylic acids is 1. The minimum atomic E-state index is -0.812. The third-order valence-corrected chi connectivity index (χ3v) is 4.04. The highest BCUT2D eigenvalue weighted by atomic mass is 79.9. The van der Waals surface area contributed by atoms with Crippen molar-refractivity contribution >= 4 is 27.8 Å². The molecule has 110 valence electrons. The van der Waals surface area contributed by atoms with Crippen LogP contribution in [0.15, 0.2) is 16.7 Å². The second-order valence-corrected chi connectivity index (χ2v) is 6.08. The first-order valence-corrected chi connectivity index (χ1v) is 7.70. The molecule has 5 nitrogen and oxygen atoms in total. The van der Waals surface area contributed by atoms with Gasteiger partial charge in [0.2, 0.25) is 0 Å². The van der Waals surface area contributed by atoms with Gasteiger partial charge in [0.1, 0.15) is 5.69 Å². The summed E-state index contributed by atoms with van der Waals surface area (Å²) in [7, 11) is 0. The maximum Gasteiger partial charge on any atom is 0.308 e. The number of aryl methyl sites for hydroxylation is 1. The summed E-state index contributed by atoms with van der Waals surface area (Å²) in [4.78, 5) is 25.3. The lowest BCUT2D eigenvalue weighted by molar-refractivity contribution is -0.143. The van der Waals surface area contributed by atoms with E-state index in [9.17, 15) is 9.59 Å². The van der Waals surface area contributed by atoms with E-state index in [-0.39, 0.29) is 5.91 Å². The molecule has 1 aliphatic heterocycles. The lowest BCUT2D eigenvalue weighted by atomic mass is 9.98. The monoisotopic (exact) mass is 342 g/mol. The molecule has 1 aliphatic rings. The second kappa shape index (κ2) is 6.43. The summed E-state index contributed by atoms with van der Waals surface area (Å²) in [5.41, 5.74) is 0.629. The molecule has 0 spiro atoms. The maximum atomic E-state index is 12.6. The Labute approximate surface area is 126 Å². The van der Waals surface area contributed by atoms with E-state index in [4.69, 9.17) is 5.11 Å². The van der Waals surface area contributed by atoms with Gasteiger partial charge in [0.25, 0.3) is 5.91 Å². The summed E-state index contributed by atoms with van der Waals surface area (Å²) >= 11 is 3.39. The molecule has 2 heterocycles. The number of nitrogens with zero attached hydrogens (tertiary/aromatic N) is 2. The van der Waals surface area contributed by atoms with Crippen molar-refractivity contribution in [2.24, 2.45) is 5.92 Å². The number of rotatable bonds is 4. The highest BCUT2D eigenvalue weighted by Crippen LogP contribution is 2.22. The molecule has 1 fully saturated rings. The van der Waals surface area contributed by atoms with E-state index >= 15 is 0 Å². The molecular formula is C14H19BrN2O3. The van der Waals surface area contributed by atoms with E-state index < -0.39 is 11.9 Å². The number of carboxylic acid groups (broad SMARTS) is 1. The number of amides is 1. The van der Waals surface area contributed by atoms with Gasteiger partial charge in [0, 0.05) is 30.3 Å². The van der Waals surface area contributed by atoms with Gasteiger partial charge >= 0.3 is 5.97 Å². The number of aliphatic carboxylic acids is 1. The van der Waals surface area contributed by atoms with E-state index in [0.29, 0.717) is 25.2 Å². The van der Waals surface area contributed by atoms with Gasteiger partial charge in [-0.3, -0.25) is 9.59 Å². The van der Waals surface area contributed by atoms with Crippen LogP contribution in [0.25, 0.3) is 0 Å². The average molecular weight is 343 g/mol. The summed E-state index contributed by atoms with van der Waals surface area (Å²) in [6, 6.07) is 1.81. The van der Waals surface area contributed by atoms with Crippen LogP contribution in [0, 0.1) is 5.92 Å². The summed E-state index contributed by atoms with van der Waals surface area (Å²) in [6.07, 6.45) is 4.24. The summed E-state index contributed by atoms with van der Waals surface area (Å²) < 4.78 is 2.80. The Morgan fingerprint density at radius 2 is 2.25 bits per heavy atom. The number of hydrogen-bond acceptors (Lipinski definition) is 2. The number of carbonyl (C=O) groups excluding carboxylic acids is 1. The lowest BCUT2D eigenvalue weighted by Gasteiger charge is -2.30. The normalized spacial score (nSPS) is 19.1. The van der Waals surface area contributed by atoms with Crippen LogP contribution in [0.3, 0.4) is 0 Å². The molecule has 1 N–H and O–H groups in total. The third kappa shape index (κ3) is 3.23. The largest absolute Gasteiger partial charge is 0.481 e. The van der Waals surface area contributed by atoms with Crippen molar-refractivity contribution in [3.63, 3.8) is 0 Å². The number of aromatic nitrogens is 1. The van der Waals surface area contributed by atoms with E-state index in [1.165, 1.54) is 0 Å². The molecule has 0 bridgehead atoms. The maximum absolute atomic E-state index is 12.6. The molecule has 0 aromatic carbocycles. The zero-order valence-electron chi connectivity index (χ0n) is 11.5. The first-order valence-electron chi connectivity index (χ1n) is 6.90. The molecule has 1 aromatic rings. The highest BCUT2D eigenvalue weighted by molar-refractivity contribution is 9.10. The number of hydrogen-bond donors (Lipinski definition) is 1. The van der Waals surface area contributed by atoms with Crippen molar-refractivity contribution in [1.82, 2.24) is 9.47 Å². The van der Waals surface area contributed by atoms with Crippen LogP contribution in [0.2, 0.25) is 0 Å². The number of likely N-dealkylation sites (tertiary alicyclic amines) is 1. The van der Waals surface area contributed by atoms with Crippen molar-refractivity contribution in [1.29, 1.82) is 0 Å². The fourth-order valence-electron chi connectivity index (χ4n) is 2.60. The fraction of sp³-hybridized carbons (Fsp3) is 0.571. The van der Waals surface area contributed by atoms with Crippen LogP contribution in [0.1, 0.15) is 36.7 Å². The zero-order valence-corrected chi connectivity index (χ0v) is 13.1. The Balaban J connectivity index is 2.16. The highest BCUT2D eigenvalue weighted by Gasteiger charge is 2.29. The van der Waals surface area contributed by atoms with Gasteiger partial charge < -0.3 is 14.6 Å². The average Bonchev–Trinajstić information content (AvgIpc) is 2.79. The standard InChI is InChI=1S/C14H19BrN2O3/c1-2-5-16-9-11(15)7-12(16)13(18)17-6-3-4-10(8-17)14(19)20/h7,9-10H,2-6,8H2,1H3,(H,19,20)/t10-/m1/s1. The Morgan fingerprint density at radius 3 is 2.90 bits per heavy atom. The summed E-state index contributed by atoms with van der Waals surface area (Å²) in [5.74, 6) is -1.33. The first-order chi connectivity index (χ1) is 9.52. The molecule has 0 unspecified atom stereocenters. The SMILES string of the molecule is CCCn1cc(Br)cc1C(=O)N1CCC[C@@H](C(=O)O)C1. The number of carbonyl (C=O) groups is 2. The molecule has 20 heavy (non-hydrogen) atoms. The Morgan fingerprint density at radius 1 is 1.50 bits per heavy atom. The van der Waals surface area contributed by atoms with Crippen molar-refractivity contribution in [2.75, 3.05) is 13.1 Å².